The molecule has 3 rings (SSSR count). The molecule has 4 nitrogen and oxygen atoms in total. The predicted molar refractivity (Wildman–Crippen MR) is 100 cm³/mol. The van der Waals surface area contributed by atoms with E-state index in [1.807, 2.05) is 16.7 Å². The molecule has 0 atom stereocenters. The normalized spacial score (nSPS) is 12.6. The lowest BCUT2D eigenvalue weighted by molar-refractivity contribution is 0.302. The largest absolute Gasteiger partial charge is 0.364 e. The number of hydrogen-bond donors (Lipinski definition) is 1. The Bertz CT molecular complexity index is 873. The molecule has 132 valence electrons. The van der Waals surface area contributed by atoms with Crippen molar-refractivity contribution in [3.05, 3.63) is 48.5 Å². The van der Waals surface area contributed by atoms with Crippen molar-refractivity contribution in [2.24, 2.45) is 5.41 Å². The van der Waals surface area contributed by atoms with Gasteiger partial charge in [-0.3, -0.25) is 4.40 Å². The van der Waals surface area contributed by atoms with Gasteiger partial charge in [0.25, 0.3) is 0 Å². The summed E-state index contributed by atoms with van der Waals surface area (Å²) in [5.41, 5.74) is 1.69. The Morgan fingerprint density at radius 3 is 2.40 bits per heavy atom. The highest BCUT2D eigenvalue weighted by molar-refractivity contribution is 5.76. The molecule has 0 amide bonds. The lowest BCUT2D eigenvalue weighted by atomic mass is 9.82. The molecule has 3 aromatic rings. The zero-order valence-electron chi connectivity index (χ0n) is 15.5. The Hall–Kier alpha value is -2.43. The molecule has 0 unspecified atom stereocenters. The first-order valence-electron chi connectivity index (χ1n) is 8.52. The Balaban J connectivity index is 2.09. The van der Waals surface area contributed by atoms with Gasteiger partial charge in [0.1, 0.15) is 17.3 Å². The first-order chi connectivity index (χ1) is 11.6. The highest BCUT2D eigenvalue weighted by atomic mass is 19.1. The number of aromatic nitrogens is 3. The topological polar surface area (TPSA) is 42.2 Å². The number of benzene rings is 1. The Morgan fingerprint density at radius 2 is 1.76 bits per heavy atom. The van der Waals surface area contributed by atoms with Gasteiger partial charge in [-0.15, -0.1) is 0 Å². The van der Waals surface area contributed by atoms with Crippen molar-refractivity contribution in [1.29, 1.82) is 0 Å². The van der Waals surface area contributed by atoms with Crippen LogP contribution in [0.4, 0.5) is 10.2 Å². The monoisotopic (exact) mass is 340 g/mol. The lowest BCUT2D eigenvalue weighted by Gasteiger charge is -2.34. The summed E-state index contributed by atoms with van der Waals surface area (Å²) >= 11 is 0. The number of halogens is 1. The van der Waals surface area contributed by atoms with E-state index in [1.165, 1.54) is 12.1 Å². The van der Waals surface area contributed by atoms with E-state index in [0.29, 0.717) is 5.78 Å². The molecule has 0 radical (unpaired) electrons. The van der Waals surface area contributed by atoms with E-state index in [4.69, 9.17) is 0 Å². The number of fused-ring (bicyclic) bond motifs is 1. The number of rotatable bonds is 4. The van der Waals surface area contributed by atoms with Crippen molar-refractivity contribution in [2.75, 3.05) is 5.32 Å². The van der Waals surface area contributed by atoms with E-state index in [0.717, 1.165) is 23.5 Å². The Labute approximate surface area is 148 Å². The van der Waals surface area contributed by atoms with Gasteiger partial charge in [-0.1, -0.05) is 20.8 Å². The van der Waals surface area contributed by atoms with Crippen LogP contribution in [0.1, 0.15) is 41.0 Å². The van der Waals surface area contributed by atoms with Crippen molar-refractivity contribution in [2.45, 2.75) is 46.6 Å². The van der Waals surface area contributed by atoms with E-state index in [2.05, 4.69) is 49.9 Å². The van der Waals surface area contributed by atoms with Gasteiger partial charge in [0.2, 0.25) is 5.78 Å². The van der Waals surface area contributed by atoms with E-state index in [-0.39, 0.29) is 16.8 Å². The maximum atomic E-state index is 13.3. The molecule has 5 heteroatoms. The van der Waals surface area contributed by atoms with Crippen molar-refractivity contribution in [3.63, 3.8) is 0 Å². The first-order valence-corrected chi connectivity index (χ1v) is 8.52. The summed E-state index contributed by atoms with van der Waals surface area (Å²) in [6.45, 7) is 11.1. The molecule has 0 saturated heterocycles. The van der Waals surface area contributed by atoms with E-state index < -0.39 is 0 Å². The Kier molecular flexibility index (Phi) is 4.27. The first kappa shape index (κ1) is 17.4. The summed E-state index contributed by atoms with van der Waals surface area (Å²) in [6.07, 6.45) is 4.65. The molecular weight excluding hydrogens is 315 g/mol. The summed E-state index contributed by atoms with van der Waals surface area (Å²) < 4.78 is 15.3. The van der Waals surface area contributed by atoms with Crippen LogP contribution in [0, 0.1) is 11.2 Å². The van der Waals surface area contributed by atoms with Crippen LogP contribution in [-0.2, 0) is 0 Å². The average Bonchev–Trinajstić information content (AvgIpc) is 2.84. The quantitative estimate of drug-likeness (QED) is 0.713. The van der Waals surface area contributed by atoms with Crippen LogP contribution >= 0.6 is 0 Å². The lowest BCUT2D eigenvalue weighted by Crippen LogP contribution is -2.36. The zero-order chi connectivity index (χ0) is 18.2. The molecule has 0 bridgehead atoms. The minimum atomic E-state index is -0.256. The van der Waals surface area contributed by atoms with Crippen molar-refractivity contribution >= 4 is 11.6 Å². The number of nitrogens with one attached hydrogen (secondary N) is 1. The molecule has 0 aliphatic rings. The number of hydrogen-bond acceptors (Lipinski definition) is 3. The fraction of sp³-hybridized carbons (Fsp3) is 0.400. The van der Waals surface area contributed by atoms with E-state index in [1.54, 1.807) is 18.3 Å². The molecule has 25 heavy (non-hydrogen) atoms. The van der Waals surface area contributed by atoms with Crippen LogP contribution in [0.2, 0.25) is 0 Å². The maximum Gasteiger partial charge on any atom is 0.235 e. The molecule has 0 spiro atoms. The minimum Gasteiger partial charge on any atom is -0.364 e. The third kappa shape index (κ3) is 3.98. The Morgan fingerprint density at radius 1 is 1.08 bits per heavy atom. The fourth-order valence-electron chi connectivity index (χ4n) is 3.51. The van der Waals surface area contributed by atoms with Crippen LogP contribution in [0.25, 0.3) is 17.0 Å². The molecule has 0 aliphatic carbocycles. The molecule has 2 aromatic heterocycles. The van der Waals surface area contributed by atoms with Gasteiger partial charge in [0.05, 0.1) is 0 Å². The molecule has 0 fully saturated rings. The number of imidazole rings is 1. The maximum absolute atomic E-state index is 13.3. The second-order valence-electron chi connectivity index (χ2n) is 8.35. The molecule has 0 saturated carbocycles. The molecule has 1 aromatic carbocycles. The van der Waals surface area contributed by atoms with Crippen molar-refractivity contribution < 1.29 is 4.39 Å². The van der Waals surface area contributed by atoms with Crippen LogP contribution < -0.4 is 5.32 Å². The summed E-state index contributed by atoms with van der Waals surface area (Å²) in [4.78, 5) is 9.01. The second kappa shape index (κ2) is 6.14. The van der Waals surface area contributed by atoms with Gasteiger partial charge in [0, 0.05) is 23.5 Å². The third-order valence-electron chi connectivity index (χ3n) is 3.95. The van der Waals surface area contributed by atoms with Gasteiger partial charge in [-0.25, -0.2) is 14.4 Å². The SMILES string of the molecule is CC(C)(C)CC(C)(C)Nc1c(-c2ccc(F)cc2)nc2ncccn12. The highest BCUT2D eigenvalue weighted by Gasteiger charge is 2.28. The van der Waals surface area contributed by atoms with Gasteiger partial charge >= 0.3 is 0 Å². The minimum absolute atomic E-state index is 0.140. The smallest absolute Gasteiger partial charge is 0.235 e. The van der Waals surface area contributed by atoms with Crippen LogP contribution in [-0.4, -0.2) is 19.9 Å². The van der Waals surface area contributed by atoms with Gasteiger partial charge < -0.3 is 5.32 Å². The van der Waals surface area contributed by atoms with Crippen LogP contribution in [0.5, 0.6) is 0 Å². The predicted octanol–water partition coefficient (Wildman–Crippen LogP) is 5.16. The standard InChI is InChI=1S/C20H25FN4/c1-19(2,3)13-20(4,5)24-17-16(14-7-9-15(21)10-8-14)23-18-22-11-6-12-25(17)18/h6-12,24H,13H2,1-5H3. The summed E-state index contributed by atoms with van der Waals surface area (Å²) in [6, 6.07) is 8.29. The molecule has 1 N–H and O–H groups in total. The average molecular weight is 340 g/mol. The number of nitrogens with zero attached hydrogens (tertiary/aromatic N) is 3. The summed E-state index contributed by atoms with van der Waals surface area (Å²) in [5, 5.41) is 3.65. The molecular formula is C20H25FN4. The van der Waals surface area contributed by atoms with E-state index >= 15 is 0 Å². The van der Waals surface area contributed by atoms with Crippen molar-refractivity contribution in [3.8, 4) is 11.3 Å². The fourth-order valence-corrected chi connectivity index (χ4v) is 3.51. The number of anilines is 1. The highest BCUT2D eigenvalue weighted by Crippen LogP contribution is 2.34. The van der Waals surface area contributed by atoms with Crippen molar-refractivity contribution in [1.82, 2.24) is 14.4 Å². The summed E-state index contributed by atoms with van der Waals surface area (Å²) in [5.74, 6) is 1.24. The molecule has 0 aliphatic heterocycles. The van der Waals surface area contributed by atoms with Gasteiger partial charge in [-0.2, -0.15) is 0 Å². The summed E-state index contributed by atoms with van der Waals surface area (Å²) in [7, 11) is 0. The zero-order valence-corrected chi connectivity index (χ0v) is 15.5. The van der Waals surface area contributed by atoms with Crippen LogP contribution in [0.15, 0.2) is 42.7 Å². The second-order valence-corrected chi connectivity index (χ2v) is 8.35. The molecule has 2 heterocycles. The third-order valence-corrected chi connectivity index (χ3v) is 3.95. The van der Waals surface area contributed by atoms with Gasteiger partial charge in [0.15, 0.2) is 0 Å². The van der Waals surface area contributed by atoms with E-state index in [9.17, 15) is 4.39 Å². The van der Waals surface area contributed by atoms with Crippen LogP contribution in [0.3, 0.4) is 0 Å². The van der Waals surface area contributed by atoms with Gasteiger partial charge in [-0.05, 0) is 56.0 Å².